The molecule has 4 heteroatoms. The van der Waals surface area contributed by atoms with Gasteiger partial charge < -0.3 is 4.57 Å². The van der Waals surface area contributed by atoms with E-state index >= 15 is 0 Å². The van der Waals surface area contributed by atoms with Gasteiger partial charge in [-0.05, 0) is 18.4 Å². The third-order valence-electron chi connectivity index (χ3n) is 2.12. The predicted octanol–water partition coefficient (Wildman–Crippen LogP) is 2.47. The van der Waals surface area contributed by atoms with Crippen molar-refractivity contribution in [1.82, 2.24) is 9.55 Å². The van der Waals surface area contributed by atoms with Crippen LogP contribution in [0.2, 0.25) is 0 Å². The maximum Gasteiger partial charge on any atom is 0.103 e. The molecule has 74 valence electrons. The molecule has 0 saturated heterocycles. The van der Waals surface area contributed by atoms with Crippen molar-refractivity contribution in [2.45, 2.75) is 4.90 Å². The van der Waals surface area contributed by atoms with E-state index in [2.05, 4.69) is 11.1 Å². The molecule has 0 fully saturated rings. The molecule has 0 aliphatic rings. The number of nitriles is 1. The van der Waals surface area contributed by atoms with Crippen LogP contribution in [0, 0.1) is 11.3 Å². The van der Waals surface area contributed by atoms with Gasteiger partial charge in [-0.2, -0.15) is 5.26 Å². The second-order valence-electron chi connectivity index (χ2n) is 2.94. The Morgan fingerprint density at radius 3 is 2.93 bits per heavy atom. The van der Waals surface area contributed by atoms with Crippen LogP contribution in [0.4, 0.5) is 0 Å². The minimum atomic E-state index is 0.697. The van der Waals surface area contributed by atoms with Gasteiger partial charge in [0, 0.05) is 17.3 Å². The van der Waals surface area contributed by atoms with Crippen LogP contribution < -0.4 is 0 Å². The summed E-state index contributed by atoms with van der Waals surface area (Å²) in [6.07, 6.45) is 7.20. The number of aromatic nitrogens is 2. The zero-order valence-corrected chi connectivity index (χ0v) is 9.03. The molecule has 15 heavy (non-hydrogen) atoms. The fraction of sp³-hybridized carbons (Fsp3) is 0.0909. The molecule has 0 N–H and O–H groups in total. The van der Waals surface area contributed by atoms with Crippen molar-refractivity contribution in [3.8, 4) is 11.8 Å². The van der Waals surface area contributed by atoms with E-state index in [0.29, 0.717) is 5.56 Å². The van der Waals surface area contributed by atoms with Crippen LogP contribution in [0.15, 0.2) is 41.8 Å². The van der Waals surface area contributed by atoms with Gasteiger partial charge in [-0.1, -0.05) is 6.07 Å². The van der Waals surface area contributed by atoms with Crippen LogP contribution in [0.25, 0.3) is 5.69 Å². The Kier molecular flexibility index (Phi) is 2.75. The number of benzene rings is 1. The molecule has 3 nitrogen and oxygen atoms in total. The Balaban J connectivity index is 2.63. The maximum atomic E-state index is 9.13. The average molecular weight is 215 g/mol. The molecule has 0 spiro atoms. The maximum absolute atomic E-state index is 9.13. The average Bonchev–Trinajstić information content (AvgIpc) is 2.81. The van der Waals surface area contributed by atoms with Crippen LogP contribution in [0.3, 0.4) is 0 Å². The van der Waals surface area contributed by atoms with Crippen molar-refractivity contribution < 1.29 is 0 Å². The summed E-state index contributed by atoms with van der Waals surface area (Å²) in [6.45, 7) is 0. The van der Waals surface area contributed by atoms with Crippen molar-refractivity contribution in [1.29, 1.82) is 5.26 Å². The lowest BCUT2D eigenvalue weighted by atomic mass is 10.2. The second kappa shape index (κ2) is 4.20. The monoisotopic (exact) mass is 215 g/mol. The predicted molar refractivity (Wildman–Crippen MR) is 60.1 cm³/mol. The number of hydrogen-bond donors (Lipinski definition) is 0. The molecule has 2 aromatic rings. The number of thioether (sulfide) groups is 1. The van der Waals surface area contributed by atoms with Crippen LogP contribution >= 0.6 is 11.8 Å². The summed E-state index contributed by atoms with van der Waals surface area (Å²) in [6, 6.07) is 8.05. The van der Waals surface area contributed by atoms with Gasteiger partial charge in [0.25, 0.3) is 0 Å². The zero-order chi connectivity index (χ0) is 10.7. The second-order valence-corrected chi connectivity index (χ2v) is 3.78. The van der Waals surface area contributed by atoms with Crippen molar-refractivity contribution in [2.24, 2.45) is 0 Å². The van der Waals surface area contributed by atoms with E-state index in [-0.39, 0.29) is 0 Å². The highest BCUT2D eigenvalue weighted by Gasteiger charge is 2.07. The summed E-state index contributed by atoms with van der Waals surface area (Å²) in [5, 5.41) is 9.13. The summed E-state index contributed by atoms with van der Waals surface area (Å²) in [5.41, 5.74) is 1.57. The van der Waals surface area contributed by atoms with Gasteiger partial charge in [-0.3, -0.25) is 0 Å². The van der Waals surface area contributed by atoms with E-state index in [4.69, 9.17) is 5.26 Å². The number of hydrogen-bond acceptors (Lipinski definition) is 3. The summed E-state index contributed by atoms with van der Waals surface area (Å²) in [4.78, 5) is 4.97. The first kappa shape index (κ1) is 9.81. The van der Waals surface area contributed by atoms with E-state index in [1.165, 1.54) is 0 Å². The Morgan fingerprint density at radius 2 is 2.33 bits per heavy atom. The highest BCUT2D eigenvalue weighted by atomic mass is 32.2. The Bertz CT molecular complexity index is 497. The van der Waals surface area contributed by atoms with Gasteiger partial charge in [-0.15, -0.1) is 11.8 Å². The number of rotatable bonds is 2. The van der Waals surface area contributed by atoms with Crippen molar-refractivity contribution >= 4 is 11.8 Å². The highest BCUT2D eigenvalue weighted by Crippen LogP contribution is 2.24. The SMILES string of the molecule is CSc1cccc(-n2ccnc2)c1C#N. The lowest BCUT2D eigenvalue weighted by molar-refractivity contribution is 1.04. The first-order valence-corrected chi connectivity index (χ1v) is 5.64. The summed E-state index contributed by atoms with van der Waals surface area (Å²) in [7, 11) is 0. The molecule has 1 aromatic carbocycles. The van der Waals surface area contributed by atoms with E-state index in [0.717, 1.165) is 10.6 Å². The molecule has 1 aromatic heterocycles. The van der Waals surface area contributed by atoms with Crippen LogP contribution in [-0.2, 0) is 0 Å². The van der Waals surface area contributed by atoms with Crippen LogP contribution in [0.1, 0.15) is 5.56 Å². The van der Waals surface area contributed by atoms with Gasteiger partial charge in [0.1, 0.15) is 6.07 Å². The first-order valence-electron chi connectivity index (χ1n) is 4.42. The molecule has 0 aliphatic carbocycles. The summed E-state index contributed by atoms with van der Waals surface area (Å²) >= 11 is 1.58. The minimum absolute atomic E-state index is 0.697. The molecule has 0 radical (unpaired) electrons. The number of nitrogens with zero attached hydrogens (tertiary/aromatic N) is 3. The third kappa shape index (κ3) is 1.74. The van der Waals surface area contributed by atoms with Crippen LogP contribution in [0.5, 0.6) is 0 Å². The largest absolute Gasteiger partial charge is 0.305 e. The van der Waals surface area contributed by atoms with E-state index < -0.39 is 0 Å². The molecule has 1 heterocycles. The molecule has 0 saturated carbocycles. The molecule has 0 unspecified atom stereocenters. The Labute approximate surface area is 92.4 Å². The zero-order valence-electron chi connectivity index (χ0n) is 8.21. The third-order valence-corrected chi connectivity index (χ3v) is 2.90. The summed E-state index contributed by atoms with van der Waals surface area (Å²) < 4.78 is 1.85. The summed E-state index contributed by atoms with van der Waals surface area (Å²) in [5.74, 6) is 0. The fourth-order valence-corrected chi connectivity index (χ4v) is 1.99. The molecule has 0 atom stereocenters. The highest BCUT2D eigenvalue weighted by molar-refractivity contribution is 7.98. The first-order chi connectivity index (χ1) is 7.36. The lowest BCUT2D eigenvalue weighted by Crippen LogP contribution is -1.95. The van der Waals surface area contributed by atoms with Gasteiger partial charge in [0.15, 0.2) is 0 Å². The molecule has 0 bridgehead atoms. The minimum Gasteiger partial charge on any atom is -0.305 e. The van der Waals surface area contributed by atoms with Crippen molar-refractivity contribution in [3.05, 3.63) is 42.5 Å². The lowest BCUT2D eigenvalue weighted by Gasteiger charge is -2.07. The van der Waals surface area contributed by atoms with E-state index in [9.17, 15) is 0 Å². The van der Waals surface area contributed by atoms with E-state index in [1.54, 1.807) is 24.3 Å². The number of imidazole rings is 1. The van der Waals surface area contributed by atoms with Gasteiger partial charge in [-0.25, -0.2) is 4.98 Å². The van der Waals surface area contributed by atoms with Crippen molar-refractivity contribution in [2.75, 3.05) is 6.26 Å². The van der Waals surface area contributed by atoms with Gasteiger partial charge in [0.05, 0.1) is 17.6 Å². The topological polar surface area (TPSA) is 41.6 Å². The fourth-order valence-electron chi connectivity index (χ4n) is 1.42. The van der Waals surface area contributed by atoms with E-state index in [1.807, 2.05) is 35.2 Å². The smallest absolute Gasteiger partial charge is 0.103 e. The normalized spacial score (nSPS) is 9.87. The molecule has 0 aliphatic heterocycles. The quantitative estimate of drug-likeness (QED) is 0.723. The molecule has 2 rings (SSSR count). The standard InChI is InChI=1S/C11H9N3S/c1-15-11-4-2-3-10(9(11)7-12)14-6-5-13-8-14/h2-6,8H,1H3. The van der Waals surface area contributed by atoms with Crippen LogP contribution in [-0.4, -0.2) is 15.8 Å². The van der Waals surface area contributed by atoms with Gasteiger partial charge in [0.2, 0.25) is 0 Å². The Morgan fingerprint density at radius 1 is 1.47 bits per heavy atom. The van der Waals surface area contributed by atoms with Crippen molar-refractivity contribution in [3.63, 3.8) is 0 Å². The molecular weight excluding hydrogens is 206 g/mol. The Hall–Kier alpha value is -1.73. The van der Waals surface area contributed by atoms with Gasteiger partial charge >= 0.3 is 0 Å². The molecule has 0 amide bonds. The molecular formula is C11H9N3S.